The molecule has 1 atom stereocenters. The summed E-state index contributed by atoms with van der Waals surface area (Å²) in [4.78, 5) is 6.52. The number of hydrogen-bond donors (Lipinski definition) is 1. The fourth-order valence-corrected chi connectivity index (χ4v) is 2.44. The lowest BCUT2D eigenvalue weighted by atomic mass is 10.0. The van der Waals surface area contributed by atoms with Crippen LogP contribution in [0.3, 0.4) is 0 Å². The quantitative estimate of drug-likeness (QED) is 0.888. The van der Waals surface area contributed by atoms with Crippen LogP contribution in [0, 0.1) is 12.7 Å². The predicted octanol–water partition coefficient (Wildman–Crippen LogP) is 2.70. The number of halogens is 1. The maximum Gasteiger partial charge on any atom is 0.126 e. The molecular formula is C17H22FN3. The lowest BCUT2D eigenvalue weighted by Crippen LogP contribution is -2.32. The number of nitrogens with two attached hydrogens (primary N) is 1. The summed E-state index contributed by atoms with van der Waals surface area (Å²) in [5.41, 5.74) is 8.69. The van der Waals surface area contributed by atoms with Gasteiger partial charge in [-0.05, 0) is 43.3 Å². The van der Waals surface area contributed by atoms with E-state index in [2.05, 4.69) is 9.88 Å². The summed E-state index contributed by atoms with van der Waals surface area (Å²) < 4.78 is 13.4. The second kappa shape index (κ2) is 7.29. The van der Waals surface area contributed by atoms with E-state index in [1.807, 2.05) is 37.4 Å². The number of pyridine rings is 1. The van der Waals surface area contributed by atoms with Crippen LogP contribution in [0.2, 0.25) is 0 Å². The zero-order valence-electron chi connectivity index (χ0n) is 12.6. The Morgan fingerprint density at radius 3 is 2.71 bits per heavy atom. The summed E-state index contributed by atoms with van der Waals surface area (Å²) in [6, 6.07) is 11.2. The highest BCUT2D eigenvalue weighted by molar-refractivity contribution is 5.26. The highest BCUT2D eigenvalue weighted by Crippen LogP contribution is 2.21. The first kappa shape index (κ1) is 15.6. The Morgan fingerprint density at radius 2 is 2.10 bits per heavy atom. The van der Waals surface area contributed by atoms with Gasteiger partial charge in [-0.1, -0.05) is 18.2 Å². The largest absolute Gasteiger partial charge is 0.329 e. The fraction of sp³-hybridized carbons (Fsp3) is 0.353. The van der Waals surface area contributed by atoms with Crippen LogP contribution in [0.5, 0.6) is 0 Å². The molecule has 3 nitrogen and oxygen atoms in total. The van der Waals surface area contributed by atoms with E-state index in [4.69, 9.17) is 5.73 Å². The SMILES string of the molecule is Cc1cc(C(CN)N(C)CCc2ccccn2)ccc1F. The van der Waals surface area contributed by atoms with Crippen molar-refractivity contribution in [2.45, 2.75) is 19.4 Å². The van der Waals surface area contributed by atoms with Gasteiger partial charge in [-0.3, -0.25) is 9.88 Å². The van der Waals surface area contributed by atoms with Crippen LogP contribution in [-0.4, -0.2) is 30.0 Å². The molecule has 0 saturated carbocycles. The van der Waals surface area contributed by atoms with Gasteiger partial charge in [0.2, 0.25) is 0 Å². The third-order valence-electron chi connectivity index (χ3n) is 3.77. The average molecular weight is 287 g/mol. The minimum atomic E-state index is -0.175. The number of aryl methyl sites for hydroxylation is 1. The van der Waals surface area contributed by atoms with Crippen molar-refractivity contribution < 1.29 is 4.39 Å². The van der Waals surface area contributed by atoms with Gasteiger partial charge in [0.15, 0.2) is 0 Å². The Kier molecular flexibility index (Phi) is 5.42. The predicted molar refractivity (Wildman–Crippen MR) is 83.5 cm³/mol. The molecule has 4 heteroatoms. The smallest absolute Gasteiger partial charge is 0.126 e. The first-order valence-electron chi connectivity index (χ1n) is 7.18. The Balaban J connectivity index is 2.04. The van der Waals surface area contributed by atoms with E-state index in [1.54, 1.807) is 13.1 Å². The van der Waals surface area contributed by atoms with Gasteiger partial charge in [0.05, 0.1) is 0 Å². The number of likely N-dealkylation sites (N-methyl/N-ethyl adjacent to an activating group) is 1. The van der Waals surface area contributed by atoms with Crippen LogP contribution in [0.25, 0.3) is 0 Å². The number of hydrogen-bond acceptors (Lipinski definition) is 3. The Bertz CT molecular complexity index is 572. The first-order chi connectivity index (χ1) is 10.1. The molecule has 0 spiro atoms. The van der Waals surface area contributed by atoms with E-state index in [0.29, 0.717) is 12.1 Å². The second-order valence-corrected chi connectivity index (χ2v) is 5.31. The lowest BCUT2D eigenvalue weighted by Gasteiger charge is -2.27. The zero-order valence-corrected chi connectivity index (χ0v) is 12.6. The summed E-state index contributed by atoms with van der Waals surface area (Å²) >= 11 is 0. The van der Waals surface area contributed by atoms with Crippen molar-refractivity contribution in [2.75, 3.05) is 20.1 Å². The van der Waals surface area contributed by atoms with Crippen molar-refractivity contribution in [3.8, 4) is 0 Å². The minimum absolute atomic E-state index is 0.0908. The third kappa shape index (κ3) is 4.09. The van der Waals surface area contributed by atoms with Crippen LogP contribution in [0.4, 0.5) is 4.39 Å². The van der Waals surface area contributed by atoms with Crippen LogP contribution >= 0.6 is 0 Å². The summed E-state index contributed by atoms with van der Waals surface area (Å²) in [6.07, 6.45) is 2.67. The molecular weight excluding hydrogens is 265 g/mol. The maximum atomic E-state index is 13.4. The molecule has 2 rings (SSSR count). The van der Waals surface area contributed by atoms with Gasteiger partial charge in [-0.15, -0.1) is 0 Å². The van der Waals surface area contributed by atoms with Gasteiger partial charge in [0.1, 0.15) is 5.82 Å². The first-order valence-corrected chi connectivity index (χ1v) is 7.18. The van der Waals surface area contributed by atoms with Crippen LogP contribution in [0.1, 0.15) is 22.9 Å². The topological polar surface area (TPSA) is 42.1 Å². The van der Waals surface area contributed by atoms with E-state index in [9.17, 15) is 4.39 Å². The third-order valence-corrected chi connectivity index (χ3v) is 3.77. The van der Waals surface area contributed by atoms with Crippen molar-refractivity contribution in [3.05, 3.63) is 65.2 Å². The Morgan fingerprint density at radius 1 is 1.29 bits per heavy atom. The molecule has 1 unspecified atom stereocenters. The fourth-order valence-electron chi connectivity index (χ4n) is 2.44. The maximum absolute atomic E-state index is 13.4. The molecule has 112 valence electrons. The number of rotatable bonds is 6. The Labute approximate surface area is 125 Å². The molecule has 0 radical (unpaired) electrons. The van der Waals surface area contributed by atoms with E-state index in [-0.39, 0.29) is 11.9 Å². The van der Waals surface area contributed by atoms with E-state index < -0.39 is 0 Å². The second-order valence-electron chi connectivity index (χ2n) is 5.31. The lowest BCUT2D eigenvalue weighted by molar-refractivity contribution is 0.252. The molecule has 0 aliphatic carbocycles. The van der Waals surface area contributed by atoms with Crippen molar-refractivity contribution >= 4 is 0 Å². The number of benzene rings is 1. The molecule has 2 aromatic rings. The molecule has 0 saturated heterocycles. The van der Waals surface area contributed by atoms with Gasteiger partial charge in [-0.25, -0.2) is 4.39 Å². The Hall–Kier alpha value is -1.78. The zero-order chi connectivity index (χ0) is 15.2. The number of nitrogens with zero attached hydrogens (tertiary/aromatic N) is 2. The van der Waals surface area contributed by atoms with E-state index >= 15 is 0 Å². The highest BCUT2D eigenvalue weighted by Gasteiger charge is 2.16. The van der Waals surface area contributed by atoms with Crippen LogP contribution in [-0.2, 0) is 6.42 Å². The van der Waals surface area contributed by atoms with Gasteiger partial charge in [0, 0.05) is 37.4 Å². The molecule has 0 bridgehead atoms. The molecule has 1 heterocycles. The van der Waals surface area contributed by atoms with Gasteiger partial charge < -0.3 is 5.73 Å². The van der Waals surface area contributed by atoms with Crippen LogP contribution < -0.4 is 5.73 Å². The van der Waals surface area contributed by atoms with Crippen LogP contribution in [0.15, 0.2) is 42.6 Å². The molecule has 1 aromatic carbocycles. The molecule has 21 heavy (non-hydrogen) atoms. The summed E-state index contributed by atoms with van der Waals surface area (Å²) in [7, 11) is 2.04. The summed E-state index contributed by atoms with van der Waals surface area (Å²) in [5.74, 6) is -0.175. The monoisotopic (exact) mass is 287 g/mol. The van der Waals surface area contributed by atoms with Crippen molar-refractivity contribution in [2.24, 2.45) is 5.73 Å². The van der Waals surface area contributed by atoms with E-state index in [0.717, 1.165) is 24.2 Å². The van der Waals surface area contributed by atoms with Gasteiger partial charge >= 0.3 is 0 Å². The van der Waals surface area contributed by atoms with Gasteiger partial charge in [0.25, 0.3) is 0 Å². The van der Waals surface area contributed by atoms with Crippen molar-refractivity contribution in [1.82, 2.24) is 9.88 Å². The summed E-state index contributed by atoms with van der Waals surface area (Å²) in [5, 5.41) is 0. The molecule has 2 N–H and O–H groups in total. The molecule has 1 aromatic heterocycles. The normalized spacial score (nSPS) is 12.6. The minimum Gasteiger partial charge on any atom is -0.329 e. The molecule has 0 aliphatic heterocycles. The average Bonchev–Trinajstić information content (AvgIpc) is 2.50. The van der Waals surface area contributed by atoms with E-state index in [1.165, 1.54) is 6.07 Å². The summed E-state index contributed by atoms with van der Waals surface area (Å²) in [6.45, 7) is 3.14. The van der Waals surface area contributed by atoms with Crippen molar-refractivity contribution in [3.63, 3.8) is 0 Å². The highest BCUT2D eigenvalue weighted by atomic mass is 19.1. The number of aromatic nitrogens is 1. The molecule has 0 amide bonds. The van der Waals surface area contributed by atoms with Gasteiger partial charge in [-0.2, -0.15) is 0 Å². The van der Waals surface area contributed by atoms with Crippen molar-refractivity contribution in [1.29, 1.82) is 0 Å². The molecule has 0 fully saturated rings. The molecule has 0 aliphatic rings. The standard InChI is InChI=1S/C17H22FN3/c1-13-11-14(6-7-16(13)18)17(12-19)21(2)10-8-15-5-3-4-9-20-15/h3-7,9,11,17H,8,10,12,19H2,1-2H3.